The predicted molar refractivity (Wildman–Crippen MR) is 60.1 cm³/mol. The molecule has 0 aliphatic heterocycles. The Bertz CT molecular complexity index is 262. The molecule has 3 N–H and O–H groups in total. The van der Waals surface area contributed by atoms with E-state index in [-0.39, 0.29) is 12.5 Å². The van der Waals surface area contributed by atoms with Gasteiger partial charge >= 0.3 is 5.97 Å². The van der Waals surface area contributed by atoms with Gasteiger partial charge in [-0.1, -0.05) is 13.3 Å². The first-order valence-electron chi connectivity index (χ1n) is 5.81. The van der Waals surface area contributed by atoms with E-state index in [1.54, 1.807) is 0 Å². The molecule has 1 saturated carbocycles. The molecule has 0 radical (unpaired) electrons. The molecule has 0 aromatic heterocycles. The van der Waals surface area contributed by atoms with Crippen molar-refractivity contribution in [1.29, 1.82) is 0 Å². The Hall–Kier alpha value is -1.10. The van der Waals surface area contributed by atoms with Crippen molar-refractivity contribution in [2.24, 2.45) is 5.41 Å². The van der Waals surface area contributed by atoms with Crippen molar-refractivity contribution in [3.8, 4) is 0 Å². The Labute approximate surface area is 95.6 Å². The van der Waals surface area contributed by atoms with E-state index in [2.05, 4.69) is 10.6 Å². The van der Waals surface area contributed by atoms with Crippen molar-refractivity contribution in [3.63, 3.8) is 0 Å². The molecule has 0 unspecified atom stereocenters. The summed E-state index contributed by atoms with van der Waals surface area (Å²) in [7, 11) is 0. The van der Waals surface area contributed by atoms with Gasteiger partial charge in [0.1, 0.15) is 0 Å². The number of carbonyl (C=O) groups excluding carboxylic acids is 1. The van der Waals surface area contributed by atoms with Crippen LogP contribution < -0.4 is 10.6 Å². The first kappa shape index (κ1) is 13.0. The van der Waals surface area contributed by atoms with E-state index in [9.17, 15) is 9.59 Å². The molecular weight excluding hydrogens is 208 g/mol. The largest absolute Gasteiger partial charge is 0.481 e. The fourth-order valence-corrected chi connectivity index (χ4v) is 1.80. The number of carboxylic acid groups (broad SMARTS) is 1. The molecular formula is C11H20N2O3. The monoisotopic (exact) mass is 228 g/mol. The lowest BCUT2D eigenvalue weighted by molar-refractivity contribution is -0.154. The third-order valence-electron chi connectivity index (χ3n) is 3.17. The van der Waals surface area contributed by atoms with Gasteiger partial charge in [-0.05, 0) is 19.4 Å². The molecule has 0 spiro atoms. The summed E-state index contributed by atoms with van der Waals surface area (Å²) in [6.45, 7) is 3.73. The molecule has 5 nitrogen and oxygen atoms in total. The van der Waals surface area contributed by atoms with Crippen molar-refractivity contribution in [2.45, 2.75) is 32.6 Å². The van der Waals surface area contributed by atoms with Crippen LogP contribution >= 0.6 is 0 Å². The Kier molecular flexibility index (Phi) is 4.73. The molecule has 0 aromatic rings. The molecule has 1 aliphatic rings. The molecule has 0 atom stereocenters. The van der Waals surface area contributed by atoms with Gasteiger partial charge in [-0.15, -0.1) is 0 Å². The van der Waals surface area contributed by atoms with E-state index in [4.69, 9.17) is 5.11 Å². The molecule has 0 aromatic carbocycles. The van der Waals surface area contributed by atoms with Gasteiger partial charge in [-0.2, -0.15) is 0 Å². The molecule has 1 rings (SSSR count). The van der Waals surface area contributed by atoms with Gasteiger partial charge in [0.05, 0.1) is 5.41 Å². The Morgan fingerprint density at radius 2 is 2.06 bits per heavy atom. The number of nitrogens with one attached hydrogen (secondary N) is 2. The minimum Gasteiger partial charge on any atom is -0.481 e. The Morgan fingerprint density at radius 1 is 1.38 bits per heavy atom. The number of hydrogen-bond donors (Lipinski definition) is 3. The summed E-state index contributed by atoms with van der Waals surface area (Å²) in [5.74, 6) is -0.862. The van der Waals surface area contributed by atoms with Crippen LogP contribution in [-0.2, 0) is 9.59 Å². The summed E-state index contributed by atoms with van der Waals surface area (Å²) in [5.41, 5.74) is -0.687. The lowest BCUT2D eigenvalue weighted by atomic mass is 9.69. The second kappa shape index (κ2) is 5.84. The first-order valence-corrected chi connectivity index (χ1v) is 5.81. The van der Waals surface area contributed by atoms with Crippen LogP contribution in [0.4, 0.5) is 0 Å². The van der Waals surface area contributed by atoms with E-state index in [0.29, 0.717) is 25.8 Å². The topological polar surface area (TPSA) is 78.4 Å². The van der Waals surface area contributed by atoms with Gasteiger partial charge in [0.25, 0.3) is 0 Å². The summed E-state index contributed by atoms with van der Waals surface area (Å²) in [5, 5.41) is 14.8. The smallest absolute Gasteiger partial charge is 0.311 e. The number of amides is 1. The van der Waals surface area contributed by atoms with E-state index in [1.807, 2.05) is 6.92 Å². The lowest BCUT2D eigenvalue weighted by Crippen LogP contribution is -2.47. The second-order valence-electron chi connectivity index (χ2n) is 4.32. The third kappa shape index (κ3) is 3.20. The zero-order chi connectivity index (χ0) is 12.0. The molecule has 0 saturated heterocycles. The molecule has 1 aliphatic carbocycles. The van der Waals surface area contributed by atoms with Gasteiger partial charge in [-0.25, -0.2) is 0 Å². The van der Waals surface area contributed by atoms with Crippen molar-refractivity contribution >= 4 is 11.9 Å². The number of rotatable bonds is 7. The quantitative estimate of drug-likeness (QED) is 0.550. The Morgan fingerprint density at radius 3 is 2.50 bits per heavy atom. The second-order valence-corrected chi connectivity index (χ2v) is 4.32. The number of carboxylic acids is 1. The maximum absolute atomic E-state index is 11.4. The van der Waals surface area contributed by atoms with E-state index >= 15 is 0 Å². The highest BCUT2D eigenvalue weighted by molar-refractivity contribution is 5.79. The summed E-state index contributed by atoms with van der Waals surface area (Å²) < 4.78 is 0. The highest BCUT2D eigenvalue weighted by atomic mass is 16.4. The van der Waals surface area contributed by atoms with Gasteiger partial charge in [0.15, 0.2) is 0 Å². The van der Waals surface area contributed by atoms with Crippen LogP contribution in [0.1, 0.15) is 32.6 Å². The number of carbonyl (C=O) groups is 2. The normalized spacial score (nSPS) is 17.6. The molecule has 5 heteroatoms. The third-order valence-corrected chi connectivity index (χ3v) is 3.17. The summed E-state index contributed by atoms with van der Waals surface area (Å²) in [6, 6.07) is 0. The van der Waals surface area contributed by atoms with E-state index < -0.39 is 11.4 Å². The van der Waals surface area contributed by atoms with E-state index in [0.717, 1.165) is 13.0 Å². The van der Waals surface area contributed by atoms with Crippen molar-refractivity contribution in [1.82, 2.24) is 10.6 Å². The van der Waals surface area contributed by atoms with Gasteiger partial charge in [0, 0.05) is 19.5 Å². The van der Waals surface area contributed by atoms with Crippen molar-refractivity contribution in [2.75, 3.05) is 19.6 Å². The average molecular weight is 228 g/mol. The molecule has 1 fully saturated rings. The molecule has 92 valence electrons. The predicted octanol–water partition coefficient (Wildman–Crippen LogP) is 0.357. The maximum atomic E-state index is 11.4. The average Bonchev–Trinajstić information content (AvgIpc) is 2.16. The molecule has 16 heavy (non-hydrogen) atoms. The fourth-order valence-electron chi connectivity index (χ4n) is 1.80. The molecule has 1 amide bonds. The standard InChI is InChI=1S/C11H20N2O3/c1-2-12-7-4-9(14)13-8-11(10(15)16)5-3-6-11/h12H,2-8H2,1H3,(H,13,14)(H,15,16). The fraction of sp³-hybridized carbons (Fsp3) is 0.818. The van der Waals surface area contributed by atoms with Crippen LogP contribution in [0.2, 0.25) is 0 Å². The van der Waals surface area contributed by atoms with Crippen LogP contribution in [-0.4, -0.2) is 36.6 Å². The summed E-state index contributed by atoms with van der Waals surface area (Å²) in [6.07, 6.45) is 2.70. The summed E-state index contributed by atoms with van der Waals surface area (Å²) >= 11 is 0. The van der Waals surface area contributed by atoms with E-state index in [1.165, 1.54) is 0 Å². The highest BCUT2D eigenvalue weighted by Gasteiger charge is 2.44. The van der Waals surface area contributed by atoms with Gasteiger partial charge < -0.3 is 15.7 Å². The van der Waals surface area contributed by atoms with Crippen molar-refractivity contribution < 1.29 is 14.7 Å². The summed E-state index contributed by atoms with van der Waals surface area (Å²) in [4.78, 5) is 22.4. The lowest BCUT2D eigenvalue weighted by Gasteiger charge is -2.37. The van der Waals surface area contributed by atoms with Crippen molar-refractivity contribution in [3.05, 3.63) is 0 Å². The zero-order valence-corrected chi connectivity index (χ0v) is 9.71. The molecule has 0 heterocycles. The van der Waals surface area contributed by atoms with Gasteiger partial charge in [-0.3, -0.25) is 9.59 Å². The number of aliphatic carboxylic acids is 1. The highest BCUT2D eigenvalue weighted by Crippen LogP contribution is 2.40. The Balaban J connectivity index is 2.22. The van der Waals surface area contributed by atoms with Gasteiger partial charge in [0.2, 0.25) is 5.91 Å². The van der Waals surface area contributed by atoms with Crippen LogP contribution in [0.15, 0.2) is 0 Å². The van der Waals surface area contributed by atoms with Crippen LogP contribution in [0, 0.1) is 5.41 Å². The minimum atomic E-state index is -0.786. The maximum Gasteiger partial charge on any atom is 0.311 e. The SMILES string of the molecule is CCNCCC(=O)NCC1(C(=O)O)CCC1. The zero-order valence-electron chi connectivity index (χ0n) is 9.71. The van der Waals surface area contributed by atoms with Crippen LogP contribution in [0.25, 0.3) is 0 Å². The first-order chi connectivity index (χ1) is 7.60. The minimum absolute atomic E-state index is 0.0755. The number of hydrogen-bond acceptors (Lipinski definition) is 3. The van der Waals surface area contributed by atoms with Crippen LogP contribution in [0.3, 0.4) is 0 Å². The van der Waals surface area contributed by atoms with Crippen LogP contribution in [0.5, 0.6) is 0 Å². The molecule has 0 bridgehead atoms.